The molecule has 0 aliphatic carbocycles. The molecule has 6 nitrogen and oxygen atoms in total. The number of phenolic OH excluding ortho intramolecular Hbond substituents is 1. The van der Waals surface area contributed by atoms with Gasteiger partial charge in [-0.25, -0.2) is 4.79 Å². The number of thiocarbonyl (C=S) groups is 1. The summed E-state index contributed by atoms with van der Waals surface area (Å²) in [4.78, 5) is 12.3. The number of nitrogens with one attached hydrogen (secondary N) is 2. The van der Waals surface area contributed by atoms with Gasteiger partial charge in [0.15, 0.2) is 16.6 Å². The molecule has 1 heterocycles. The Hall–Kier alpha value is -2.28. The first-order chi connectivity index (χ1) is 11.0. The molecule has 0 bridgehead atoms. The fraction of sp³-hybridized carbons (Fsp3) is 0.375. The van der Waals surface area contributed by atoms with Crippen molar-refractivity contribution >= 4 is 23.3 Å². The summed E-state index contributed by atoms with van der Waals surface area (Å²) in [6.45, 7) is 6.07. The van der Waals surface area contributed by atoms with Crippen LogP contribution in [0.25, 0.3) is 0 Å². The smallest absolute Gasteiger partial charge is 0.338 e. The molecular formula is C16H20N2O4S. The van der Waals surface area contributed by atoms with Crippen LogP contribution in [-0.4, -0.2) is 29.4 Å². The van der Waals surface area contributed by atoms with E-state index in [1.54, 1.807) is 26.0 Å². The van der Waals surface area contributed by atoms with Gasteiger partial charge >= 0.3 is 5.97 Å². The van der Waals surface area contributed by atoms with Gasteiger partial charge in [-0.3, -0.25) is 0 Å². The predicted molar refractivity (Wildman–Crippen MR) is 90.2 cm³/mol. The first-order valence-electron chi connectivity index (χ1n) is 7.39. The number of esters is 1. The summed E-state index contributed by atoms with van der Waals surface area (Å²) in [5.41, 5.74) is 1.84. The number of hydrogen-bond donors (Lipinski definition) is 3. The molecule has 2 rings (SSSR count). The van der Waals surface area contributed by atoms with E-state index in [2.05, 4.69) is 10.6 Å². The molecule has 3 N–H and O–H groups in total. The number of hydrogen-bond acceptors (Lipinski definition) is 5. The van der Waals surface area contributed by atoms with E-state index in [1.807, 2.05) is 6.92 Å². The molecule has 0 saturated heterocycles. The second kappa shape index (κ2) is 7.32. The molecule has 1 aromatic carbocycles. The second-order valence-electron chi connectivity index (χ2n) is 4.95. The van der Waals surface area contributed by atoms with Crippen LogP contribution in [0.2, 0.25) is 0 Å². The topological polar surface area (TPSA) is 79.8 Å². The van der Waals surface area contributed by atoms with Crippen LogP contribution >= 0.6 is 12.2 Å². The van der Waals surface area contributed by atoms with Crippen LogP contribution in [0.3, 0.4) is 0 Å². The molecule has 23 heavy (non-hydrogen) atoms. The van der Waals surface area contributed by atoms with Crippen LogP contribution in [0.4, 0.5) is 0 Å². The minimum Gasteiger partial charge on any atom is -0.504 e. The van der Waals surface area contributed by atoms with E-state index in [4.69, 9.17) is 21.7 Å². The van der Waals surface area contributed by atoms with E-state index < -0.39 is 12.0 Å². The number of benzene rings is 1. The molecule has 0 saturated carbocycles. The quantitative estimate of drug-likeness (QED) is 0.561. The molecule has 124 valence electrons. The Labute approximate surface area is 140 Å². The number of carbonyl (C=O) groups is 1. The largest absolute Gasteiger partial charge is 0.504 e. The van der Waals surface area contributed by atoms with Gasteiger partial charge in [-0.05, 0) is 50.7 Å². The minimum absolute atomic E-state index is 0.0468. The standard InChI is InChI=1S/C16H20N2O4S/c1-4-21-12-8-10(6-7-11(12)19)14-13(15(20)22-5-2)9(3)17-16(23)18-14/h6-8,14,19H,4-5H2,1-3H3,(H2,17,18,23). The van der Waals surface area contributed by atoms with Gasteiger partial charge in [-0.15, -0.1) is 0 Å². The lowest BCUT2D eigenvalue weighted by molar-refractivity contribution is -0.139. The first-order valence-corrected chi connectivity index (χ1v) is 7.79. The molecule has 1 aliphatic heterocycles. The third-order valence-corrected chi connectivity index (χ3v) is 3.60. The molecule has 7 heteroatoms. The number of phenols is 1. The van der Waals surface area contributed by atoms with Gasteiger partial charge in [-0.1, -0.05) is 6.07 Å². The fourth-order valence-corrected chi connectivity index (χ4v) is 2.68. The monoisotopic (exact) mass is 336 g/mol. The average Bonchev–Trinajstić information content (AvgIpc) is 2.49. The van der Waals surface area contributed by atoms with Crippen molar-refractivity contribution in [3.05, 3.63) is 35.0 Å². The normalized spacial score (nSPS) is 17.3. The van der Waals surface area contributed by atoms with Crippen molar-refractivity contribution in [3.8, 4) is 11.5 Å². The lowest BCUT2D eigenvalue weighted by Gasteiger charge is -2.30. The van der Waals surface area contributed by atoms with E-state index in [-0.39, 0.29) is 12.4 Å². The van der Waals surface area contributed by atoms with Gasteiger partial charge in [0.2, 0.25) is 0 Å². The predicted octanol–water partition coefficient (Wildman–Crippen LogP) is 2.15. The van der Waals surface area contributed by atoms with Crippen molar-refractivity contribution < 1.29 is 19.4 Å². The van der Waals surface area contributed by atoms with Crippen LogP contribution < -0.4 is 15.4 Å². The van der Waals surface area contributed by atoms with Crippen molar-refractivity contribution in [2.75, 3.05) is 13.2 Å². The zero-order valence-corrected chi connectivity index (χ0v) is 14.1. The summed E-state index contributed by atoms with van der Waals surface area (Å²) in [7, 11) is 0. The molecule has 0 amide bonds. The molecule has 0 fully saturated rings. The highest BCUT2D eigenvalue weighted by Crippen LogP contribution is 2.34. The van der Waals surface area contributed by atoms with Crippen molar-refractivity contribution in [1.82, 2.24) is 10.6 Å². The van der Waals surface area contributed by atoms with Gasteiger partial charge in [0.25, 0.3) is 0 Å². The van der Waals surface area contributed by atoms with E-state index in [0.717, 1.165) is 5.56 Å². The summed E-state index contributed by atoms with van der Waals surface area (Å²) >= 11 is 5.18. The van der Waals surface area contributed by atoms with Crippen LogP contribution in [-0.2, 0) is 9.53 Å². The molecule has 1 unspecified atom stereocenters. The zero-order valence-electron chi connectivity index (χ0n) is 13.3. The summed E-state index contributed by atoms with van der Waals surface area (Å²) in [6, 6.07) is 4.47. The van der Waals surface area contributed by atoms with Crippen LogP contribution in [0.5, 0.6) is 11.5 Å². The Balaban J connectivity index is 2.45. The SMILES string of the molecule is CCOC(=O)C1=C(C)NC(=S)NC1c1ccc(O)c(OCC)c1. The molecule has 1 aliphatic rings. The Morgan fingerprint density at radius 3 is 2.74 bits per heavy atom. The van der Waals surface area contributed by atoms with Gasteiger partial charge in [0.05, 0.1) is 24.8 Å². The molecule has 0 spiro atoms. The Bertz CT molecular complexity index is 657. The fourth-order valence-electron chi connectivity index (χ4n) is 2.40. The maximum absolute atomic E-state index is 12.3. The maximum Gasteiger partial charge on any atom is 0.338 e. The summed E-state index contributed by atoms with van der Waals surface area (Å²) in [6.07, 6.45) is 0. The highest BCUT2D eigenvalue weighted by atomic mass is 32.1. The molecule has 1 aromatic rings. The highest BCUT2D eigenvalue weighted by molar-refractivity contribution is 7.80. The number of ether oxygens (including phenoxy) is 2. The van der Waals surface area contributed by atoms with E-state index in [0.29, 0.717) is 28.7 Å². The van der Waals surface area contributed by atoms with Gasteiger partial charge < -0.3 is 25.2 Å². The van der Waals surface area contributed by atoms with E-state index >= 15 is 0 Å². The Kier molecular flexibility index (Phi) is 5.44. The molecular weight excluding hydrogens is 316 g/mol. The van der Waals surface area contributed by atoms with Crippen molar-refractivity contribution in [2.45, 2.75) is 26.8 Å². The minimum atomic E-state index is -0.470. The molecule has 0 aromatic heterocycles. The van der Waals surface area contributed by atoms with Crippen molar-refractivity contribution in [1.29, 1.82) is 0 Å². The average molecular weight is 336 g/mol. The molecule has 1 atom stereocenters. The maximum atomic E-state index is 12.3. The number of rotatable bonds is 5. The van der Waals surface area contributed by atoms with Crippen LogP contribution in [0.15, 0.2) is 29.5 Å². The Morgan fingerprint density at radius 1 is 1.35 bits per heavy atom. The van der Waals surface area contributed by atoms with Gasteiger partial charge in [0, 0.05) is 5.70 Å². The number of carbonyl (C=O) groups excluding carboxylic acids is 1. The van der Waals surface area contributed by atoms with Crippen LogP contribution in [0.1, 0.15) is 32.4 Å². The summed E-state index contributed by atoms with van der Waals surface area (Å²) < 4.78 is 10.5. The summed E-state index contributed by atoms with van der Waals surface area (Å²) in [5, 5.41) is 16.3. The van der Waals surface area contributed by atoms with E-state index in [9.17, 15) is 9.90 Å². The van der Waals surface area contributed by atoms with Crippen molar-refractivity contribution in [2.24, 2.45) is 0 Å². The first kappa shape index (κ1) is 17.1. The van der Waals surface area contributed by atoms with Crippen LogP contribution in [0, 0.1) is 0 Å². The number of allylic oxidation sites excluding steroid dienone is 1. The number of aromatic hydroxyl groups is 1. The van der Waals surface area contributed by atoms with Crippen molar-refractivity contribution in [3.63, 3.8) is 0 Å². The van der Waals surface area contributed by atoms with Gasteiger partial charge in [0.1, 0.15) is 0 Å². The summed E-state index contributed by atoms with van der Waals surface area (Å²) in [5.74, 6) is -0.00820. The lowest BCUT2D eigenvalue weighted by atomic mass is 9.95. The second-order valence-corrected chi connectivity index (χ2v) is 5.36. The molecule has 0 radical (unpaired) electrons. The third-order valence-electron chi connectivity index (χ3n) is 3.38. The Morgan fingerprint density at radius 2 is 2.09 bits per heavy atom. The lowest BCUT2D eigenvalue weighted by Crippen LogP contribution is -2.45. The third kappa shape index (κ3) is 3.73. The highest BCUT2D eigenvalue weighted by Gasteiger charge is 2.31. The van der Waals surface area contributed by atoms with E-state index in [1.165, 1.54) is 6.07 Å². The zero-order chi connectivity index (χ0) is 17.0. The van der Waals surface area contributed by atoms with Gasteiger partial charge in [-0.2, -0.15) is 0 Å².